The van der Waals surface area contributed by atoms with Gasteiger partial charge in [-0.25, -0.2) is 4.79 Å². The minimum atomic E-state index is -0.337. The zero-order valence-corrected chi connectivity index (χ0v) is 16.4. The maximum Gasteiger partial charge on any atom is 0.343 e. The molecule has 0 aliphatic carbocycles. The number of hydrogen-bond acceptors (Lipinski definition) is 3. The molecule has 0 atom stereocenters. The summed E-state index contributed by atoms with van der Waals surface area (Å²) < 4.78 is 5.60. The van der Waals surface area contributed by atoms with Gasteiger partial charge in [-0.1, -0.05) is 39.0 Å². The Balaban J connectivity index is 1.80. The van der Waals surface area contributed by atoms with Gasteiger partial charge in [0, 0.05) is 11.3 Å². The Kier molecular flexibility index (Phi) is 4.43. The van der Waals surface area contributed by atoms with Gasteiger partial charge in [-0.05, 0) is 67.7 Å². The largest absolute Gasteiger partial charge is 0.423 e. The summed E-state index contributed by atoms with van der Waals surface area (Å²) in [7, 11) is 0. The zero-order valence-electron chi connectivity index (χ0n) is 16.4. The van der Waals surface area contributed by atoms with Crippen LogP contribution in [0.1, 0.15) is 63.0 Å². The van der Waals surface area contributed by atoms with E-state index in [0.717, 1.165) is 11.3 Å². The molecule has 1 aliphatic rings. The first-order valence-electron chi connectivity index (χ1n) is 9.00. The fourth-order valence-electron chi connectivity index (χ4n) is 3.30. The average Bonchev–Trinajstić information content (AvgIpc) is 2.54. The molecule has 3 rings (SSSR count). The minimum Gasteiger partial charge on any atom is -0.423 e. The molecule has 0 unspecified atom stereocenters. The van der Waals surface area contributed by atoms with E-state index < -0.39 is 0 Å². The molecule has 26 heavy (non-hydrogen) atoms. The van der Waals surface area contributed by atoms with Crippen LogP contribution in [0.2, 0.25) is 0 Å². The van der Waals surface area contributed by atoms with Crippen molar-refractivity contribution < 1.29 is 9.53 Å². The number of rotatable bonds is 2. The molecule has 3 nitrogen and oxygen atoms in total. The lowest BCUT2D eigenvalue weighted by atomic mass is 9.87. The number of benzene rings is 2. The Labute approximate surface area is 156 Å². The molecule has 136 valence electrons. The van der Waals surface area contributed by atoms with E-state index in [0.29, 0.717) is 11.3 Å². The van der Waals surface area contributed by atoms with E-state index in [1.54, 1.807) is 0 Å². The molecule has 0 amide bonds. The summed E-state index contributed by atoms with van der Waals surface area (Å²) in [6.07, 6.45) is 2.19. The van der Waals surface area contributed by atoms with Crippen molar-refractivity contribution in [2.45, 2.75) is 52.5 Å². The third-order valence-corrected chi connectivity index (χ3v) is 4.65. The Morgan fingerprint density at radius 3 is 2.31 bits per heavy atom. The second-order valence-electron chi connectivity index (χ2n) is 8.60. The summed E-state index contributed by atoms with van der Waals surface area (Å²) >= 11 is 0. The predicted molar refractivity (Wildman–Crippen MR) is 108 cm³/mol. The second-order valence-corrected chi connectivity index (χ2v) is 8.60. The van der Waals surface area contributed by atoms with E-state index in [-0.39, 0.29) is 16.9 Å². The number of hydrogen-bond donors (Lipinski definition) is 1. The SMILES string of the molecule is CC1=CC(C)(C)Nc2ccc(OC(=O)c3ccc(C(C)(C)C)cc3)cc21. The molecule has 0 aromatic heterocycles. The van der Waals surface area contributed by atoms with Gasteiger partial charge < -0.3 is 10.1 Å². The maximum absolute atomic E-state index is 12.5. The highest BCUT2D eigenvalue weighted by atomic mass is 16.5. The van der Waals surface area contributed by atoms with Crippen LogP contribution in [0, 0.1) is 0 Å². The topological polar surface area (TPSA) is 38.3 Å². The summed E-state index contributed by atoms with van der Waals surface area (Å²) in [6.45, 7) is 12.8. The van der Waals surface area contributed by atoms with Crippen molar-refractivity contribution >= 4 is 17.2 Å². The highest BCUT2D eigenvalue weighted by Crippen LogP contribution is 2.35. The Morgan fingerprint density at radius 1 is 1.04 bits per heavy atom. The van der Waals surface area contributed by atoms with Crippen LogP contribution in [0.25, 0.3) is 5.57 Å². The summed E-state index contributed by atoms with van der Waals surface area (Å²) in [5.41, 5.74) is 5.04. The summed E-state index contributed by atoms with van der Waals surface area (Å²) in [5, 5.41) is 3.48. The zero-order chi connectivity index (χ0) is 19.1. The van der Waals surface area contributed by atoms with Gasteiger partial charge in [0.2, 0.25) is 0 Å². The van der Waals surface area contributed by atoms with Crippen LogP contribution in [-0.2, 0) is 5.41 Å². The Morgan fingerprint density at radius 2 is 1.69 bits per heavy atom. The van der Waals surface area contributed by atoms with E-state index in [9.17, 15) is 4.79 Å². The average molecular weight is 349 g/mol. The molecule has 2 aromatic rings. The van der Waals surface area contributed by atoms with Gasteiger partial charge in [0.15, 0.2) is 0 Å². The van der Waals surface area contributed by atoms with Crippen LogP contribution in [0.4, 0.5) is 5.69 Å². The molecule has 1 aliphatic heterocycles. The summed E-state index contributed by atoms with van der Waals surface area (Å²) in [4.78, 5) is 12.5. The molecule has 0 radical (unpaired) electrons. The highest BCUT2D eigenvalue weighted by molar-refractivity contribution is 5.91. The van der Waals surface area contributed by atoms with Gasteiger partial charge >= 0.3 is 5.97 Å². The quantitative estimate of drug-likeness (QED) is 0.549. The van der Waals surface area contributed by atoms with Crippen molar-refractivity contribution in [1.29, 1.82) is 0 Å². The molecule has 0 saturated carbocycles. The lowest BCUT2D eigenvalue weighted by Gasteiger charge is -2.31. The maximum atomic E-state index is 12.5. The standard InChI is InChI=1S/C23H27NO2/c1-15-14-23(5,6)24-20-12-11-18(13-19(15)20)26-21(25)16-7-9-17(10-8-16)22(2,3)4/h7-14,24H,1-6H3. The van der Waals surface area contributed by atoms with Crippen molar-refractivity contribution in [3.05, 3.63) is 65.2 Å². The monoisotopic (exact) mass is 349 g/mol. The number of allylic oxidation sites excluding steroid dienone is 1. The van der Waals surface area contributed by atoms with Crippen molar-refractivity contribution in [2.24, 2.45) is 0 Å². The molecular weight excluding hydrogens is 322 g/mol. The number of esters is 1. The van der Waals surface area contributed by atoms with Gasteiger partial charge in [-0.15, -0.1) is 0 Å². The minimum absolute atomic E-state index is 0.0611. The van der Waals surface area contributed by atoms with Crippen LogP contribution >= 0.6 is 0 Å². The lowest BCUT2D eigenvalue weighted by molar-refractivity contribution is 0.0734. The van der Waals surface area contributed by atoms with Crippen LogP contribution in [-0.4, -0.2) is 11.5 Å². The first kappa shape index (κ1) is 18.2. The molecule has 3 heteroatoms. The van der Waals surface area contributed by atoms with Crippen molar-refractivity contribution in [3.63, 3.8) is 0 Å². The summed E-state index contributed by atoms with van der Waals surface area (Å²) in [5.74, 6) is 0.221. The van der Waals surface area contributed by atoms with Crippen molar-refractivity contribution in [1.82, 2.24) is 0 Å². The smallest absolute Gasteiger partial charge is 0.343 e. The van der Waals surface area contributed by atoms with Crippen LogP contribution in [0.5, 0.6) is 5.75 Å². The number of fused-ring (bicyclic) bond motifs is 1. The molecular formula is C23H27NO2. The lowest BCUT2D eigenvalue weighted by Crippen LogP contribution is -2.31. The van der Waals surface area contributed by atoms with Crippen LogP contribution < -0.4 is 10.1 Å². The third kappa shape index (κ3) is 3.82. The van der Waals surface area contributed by atoms with Gasteiger partial charge in [0.25, 0.3) is 0 Å². The van der Waals surface area contributed by atoms with Gasteiger partial charge in [-0.3, -0.25) is 0 Å². The third-order valence-electron chi connectivity index (χ3n) is 4.65. The normalized spacial score (nSPS) is 15.5. The Hall–Kier alpha value is -2.55. The van der Waals surface area contributed by atoms with Crippen LogP contribution in [0.3, 0.4) is 0 Å². The van der Waals surface area contributed by atoms with E-state index in [1.807, 2.05) is 42.5 Å². The number of anilines is 1. The first-order chi connectivity index (χ1) is 12.0. The number of ether oxygens (including phenoxy) is 1. The molecule has 0 spiro atoms. The van der Waals surface area contributed by atoms with Gasteiger partial charge in [-0.2, -0.15) is 0 Å². The highest BCUT2D eigenvalue weighted by Gasteiger charge is 2.23. The first-order valence-corrected chi connectivity index (χ1v) is 9.00. The van der Waals surface area contributed by atoms with E-state index in [1.165, 1.54) is 11.1 Å². The fourth-order valence-corrected chi connectivity index (χ4v) is 3.30. The number of carbonyl (C=O) groups is 1. The molecule has 0 saturated heterocycles. The second kappa shape index (κ2) is 6.31. The summed E-state index contributed by atoms with van der Waals surface area (Å²) in [6, 6.07) is 13.4. The fraction of sp³-hybridized carbons (Fsp3) is 0.348. The molecule has 1 heterocycles. The van der Waals surface area contributed by atoms with Crippen molar-refractivity contribution in [3.8, 4) is 5.75 Å². The number of carbonyl (C=O) groups excluding carboxylic acids is 1. The molecule has 1 N–H and O–H groups in total. The van der Waals surface area contributed by atoms with Gasteiger partial charge in [0.05, 0.1) is 11.1 Å². The van der Waals surface area contributed by atoms with E-state index >= 15 is 0 Å². The number of nitrogens with one attached hydrogen (secondary N) is 1. The Bertz CT molecular complexity index is 868. The van der Waals surface area contributed by atoms with Gasteiger partial charge in [0.1, 0.15) is 5.75 Å². The molecule has 0 bridgehead atoms. The molecule has 0 fully saturated rings. The van der Waals surface area contributed by atoms with Crippen LogP contribution in [0.15, 0.2) is 48.5 Å². The predicted octanol–water partition coefficient (Wildman–Crippen LogP) is 5.81. The van der Waals surface area contributed by atoms with Crippen molar-refractivity contribution in [2.75, 3.05) is 5.32 Å². The van der Waals surface area contributed by atoms with E-state index in [2.05, 4.69) is 52.9 Å². The van der Waals surface area contributed by atoms with E-state index in [4.69, 9.17) is 4.74 Å². The molecule has 2 aromatic carbocycles.